The predicted octanol–water partition coefficient (Wildman–Crippen LogP) is 2.59. The average Bonchev–Trinajstić information content (AvgIpc) is 3.29. The summed E-state index contributed by atoms with van der Waals surface area (Å²) < 4.78 is 0. The Bertz CT molecular complexity index is 607. The van der Waals surface area contributed by atoms with Gasteiger partial charge in [0, 0.05) is 19.0 Å². The van der Waals surface area contributed by atoms with Crippen molar-refractivity contribution in [3.8, 4) is 0 Å². The molecule has 124 valence electrons. The molecule has 0 unspecified atom stereocenters. The van der Waals surface area contributed by atoms with Crippen LogP contribution in [0.3, 0.4) is 0 Å². The Morgan fingerprint density at radius 1 is 1.26 bits per heavy atom. The fraction of sp³-hybridized carbons (Fsp3) is 0.579. The van der Waals surface area contributed by atoms with E-state index < -0.39 is 0 Å². The highest BCUT2D eigenvalue weighted by atomic mass is 16.2. The first-order valence-corrected chi connectivity index (χ1v) is 8.64. The van der Waals surface area contributed by atoms with Crippen molar-refractivity contribution >= 4 is 11.8 Å². The summed E-state index contributed by atoms with van der Waals surface area (Å²) in [5.41, 5.74) is 2.48. The standard InChI is InChI=1S/C19H26N2O2/c1-14-7-3-4-8-16(14)13-19(10-11-19)20-18(23)17-9-5-6-12-21(17)15(2)22/h3-4,7-8,17H,5-6,9-13H2,1-2H3,(H,20,23)/t17-/m0/s1. The molecule has 1 atom stereocenters. The second-order valence-corrected chi connectivity index (χ2v) is 7.10. The zero-order chi connectivity index (χ0) is 16.4. The Hall–Kier alpha value is -1.84. The van der Waals surface area contributed by atoms with E-state index in [1.807, 2.05) is 6.07 Å². The zero-order valence-corrected chi connectivity index (χ0v) is 14.1. The fourth-order valence-electron chi connectivity index (χ4n) is 3.60. The van der Waals surface area contributed by atoms with Gasteiger partial charge in [0.2, 0.25) is 11.8 Å². The van der Waals surface area contributed by atoms with Crippen LogP contribution in [-0.4, -0.2) is 34.8 Å². The number of rotatable bonds is 4. The minimum Gasteiger partial charge on any atom is -0.349 e. The van der Waals surface area contributed by atoms with Crippen LogP contribution in [0.15, 0.2) is 24.3 Å². The van der Waals surface area contributed by atoms with Gasteiger partial charge in [0.15, 0.2) is 0 Å². The lowest BCUT2D eigenvalue weighted by Crippen LogP contribution is -2.54. The maximum atomic E-state index is 12.7. The molecule has 3 rings (SSSR count). The molecule has 0 spiro atoms. The summed E-state index contributed by atoms with van der Waals surface area (Å²) in [7, 11) is 0. The number of nitrogens with zero attached hydrogens (tertiary/aromatic N) is 1. The molecule has 1 aromatic rings. The molecule has 1 saturated carbocycles. The summed E-state index contributed by atoms with van der Waals surface area (Å²) in [5, 5.41) is 3.26. The van der Waals surface area contributed by atoms with Gasteiger partial charge in [0.05, 0.1) is 0 Å². The van der Waals surface area contributed by atoms with Crippen molar-refractivity contribution in [2.75, 3.05) is 6.54 Å². The maximum absolute atomic E-state index is 12.7. The average molecular weight is 314 g/mol. The molecule has 2 aliphatic rings. The van der Waals surface area contributed by atoms with E-state index in [9.17, 15) is 9.59 Å². The van der Waals surface area contributed by atoms with Crippen molar-refractivity contribution in [1.29, 1.82) is 0 Å². The molecule has 0 bridgehead atoms. The van der Waals surface area contributed by atoms with E-state index in [-0.39, 0.29) is 23.4 Å². The Morgan fingerprint density at radius 3 is 2.65 bits per heavy atom. The molecule has 2 fully saturated rings. The number of aryl methyl sites for hydroxylation is 1. The largest absolute Gasteiger partial charge is 0.349 e. The number of benzene rings is 1. The fourth-order valence-corrected chi connectivity index (χ4v) is 3.60. The molecule has 0 aromatic heterocycles. The van der Waals surface area contributed by atoms with Gasteiger partial charge in [-0.3, -0.25) is 9.59 Å². The first-order valence-electron chi connectivity index (χ1n) is 8.64. The Labute approximate surface area is 138 Å². The second-order valence-electron chi connectivity index (χ2n) is 7.10. The van der Waals surface area contributed by atoms with Gasteiger partial charge in [-0.05, 0) is 56.6 Å². The highest BCUT2D eigenvalue weighted by Crippen LogP contribution is 2.39. The van der Waals surface area contributed by atoms with Crippen molar-refractivity contribution in [1.82, 2.24) is 10.2 Å². The lowest BCUT2D eigenvalue weighted by Gasteiger charge is -2.35. The Kier molecular flexibility index (Phi) is 4.42. The van der Waals surface area contributed by atoms with Gasteiger partial charge in [0.1, 0.15) is 6.04 Å². The SMILES string of the molecule is CC(=O)N1CCCC[C@H]1C(=O)NC1(Cc2ccccc2C)CC1. The molecule has 0 radical (unpaired) electrons. The molecule has 1 aliphatic heterocycles. The molecule has 4 heteroatoms. The molecule has 23 heavy (non-hydrogen) atoms. The van der Waals surface area contributed by atoms with E-state index in [0.717, 1.165) is 38.5 Å². The molecule has 4 nitrogen and oxygen atoms in total. The van der Waals surface area contributed by atoms with Crippen LogP contribution in [0.4, 0.5) is 0 Å². The molecular weight excluding hydrogens is 288 g/mol. The highest BCUT2D eigenvalue weighted by molar-refractivity contribution is 5.87. The van der Waals surface area contributed by atoms with Gasteiger partial charge in [0.25, 0.3) is 0 Å². The topological polar surface area (TPSA) is 49.4 Å². The van der Waals surface area contributed by atoms with Gasteiger partial charge in [-0.25, -0.2) is 0 Å². The van der Waals surface area contributed by atoms with Crippen molar-refractivity contribution in [2.45, 2.75) is 64.0 Å². The van der Waals surface area contributed by atoms with Crippen LogP contribution in [0.1, 0.15) is 50.2 Å². The molecule has 1 N–H and O–H groups in total. The Morgan fingerprint density at radius 2 is 2.00 bits per heavy atom. The van der Waals surface area contributed by atoms with Gasteiger partial charge in [-0.1, -0.05) is 24.3 Å². The smallest absolute Gasteiger partial charge is 0.243 e. The third-order valence-electron chi connectivity index (χ3n) is 5.24. The van der Waals surface area contributed by atoms with Crippen molar-refractivity contribution in [2.24, 2.45) is 0 Å². The van der Waals surface area contributed by atoms with Crippen molar-refractivity contribution in [3.05, 3.63) is 35.4 Å². The number of hydrogen-bond donors (Lipinski definition) is 1. The monoisotopic (exact) mass is 314 g/mol. The van der Waals surface area contributed by atoms with Crippen LogP contribution in [0.2, 0.25) is 0 Å². The van der Waals surface area contributed by atoms with Gasteiger partial charge in [-0.2, -0.15) is 0 Å². The third kappa shape index (κ3) is 3.57. The molecule has 1 aliphatic carbocycles. The van der Waals surface area contributed by atoms with Crippen LogP contribution < -0.4 is 5.32 Å². The first-order chi connectivity index (χ1) is 11.0. The summed E-state index contributed by atoms with van der Waals surface area (Å²) in [6, 6.07) is 8.08. The van der Waals surface area contributed by atoms with Crippen molar-refractivity contribution < 1.29 is 9.59 Å². The highest BCUT2D eigenvalue weighted by Gasteiger charge is 2.46. The van der Waals surface area contributed by atoms with Crippen LogP contribution in [0.5, 0.6) is 0 Å². The zero-order valence-electron chi connectivity index (χ0n) is 14.1. The number of nitrogens with one attached hydrogen (secondary N) is 1. The number of likely N-dealkylation sites (tertiary alicyclic amines) is 1. The second kappa shape index (κ2) is 6.34. The van der Waals surface area contributed by atoms with E-state index in [4.69, 9.17) is 0 Å². The number of hydrogen-bond acceptors (Lipinski definition) is 2. The van der Waals surface area contributed by atoms with Gasteiger partial charge >= 0.3 is 0 Å². The van der Waals surface area contributed by atoms with E-state index in [1.165, 1.54) is 11.1 Å². The van der Waals surface area contributed by atoms with E-state index in [2.05, 4.69) is 30.4 Å². The molecule has 1 heterocycles. The lowest BCUT2D eigenvalue weighted by atomic mass is 9.97. The number of piperidine rings is 1. The first kappa shape index (κ1) is 16.0. The molecule has 2 amide bonds. The van der Waals surface area contributed by atoms with Gasteiger partial charge < -0.3 is 10.2 Å². The minimum absolute atomic E-state index is 0.00796. The summed E-state index contributed by atoms with van der Waals surface area (Å²) in [5.74, 6) is 0.0413. The Balaban J connectivity index is 1.67. The molecule has 1 saturated heterocycles. The van der Waals surface area contributed by atoms with E-state index >= 15 is 0 Å². The molecule has 1 aromatic carbocycles. The molecular formula is C19H26N2O2. The van der Waals surface area contributed by atoms with Crippen LogP contribution in [0.25, 0.3) is 0 Å². The number of amides is 2. The number of carbonyl (C=O) groups excluding carboxylic acids is 2. The van der Waals surface area contributed by atoms with Gasteiger partial charge in [-0.15, -0.1) is 0 Å². The summed E-state index contributed by atoms with van der Waals surface area (Å²) >= 11 is 0. The van der Waals surface area contributed by atoms with Crippen LogP contribution >= 0.6 is 0 Å². The summed E-state index contributed by atoms with van der Waals surface area (Å²) in [4.78, 5) is 26.3. The summed E-state index contributed by atoms with van der Waals surface area (Å²) in [6.45, 7) is 4.38. The normalized spacial score (nSPS) is 22.5. The lowest BCUT2D eigenvalue weighted by molar-refractivity contribution is -0.141. The van der Waals surface area contributed by atoms with Crippen LogP contribution in [-0.2, 0) is 16.0 Å². The van der Waals surface area contributed by atoms with E-state index in [0.29, 0.717) is 6.54 Å². The minimum atomic E-state index is -0.282. The maximum Gasteiger partial charge on any atom is 0.243 e. The number of carbonyl (C=O) groups is 2. The van der Waals surface area contributed by atoms with E-state index in [1.54, 1.807) is 11.8 Å². The quantitative estimate of drug-likeness (QED) is 0.928. The summed E-state index contributed by atoms with van der Waals surface area (Å²) in [6.07, 6.45) is 5.74. The van der Waals surface area contributed by atoms with Crippen molar-refractivity contribution in [3.63, 3.8) is 0 Å². The van der Waals surface area contributed by atoms with Crippen LogP contribution in [0, 0.1) is 6.92 Å². The predicted molar refractivity (Wildman–Crippen MR) is 90.0 cm³/mol. The third-order valence-corrected chi connectivity index (χ3v) is 5.24.